The molecule has 0 heterocycles. The molecule has 0 radical (unpaired) electrons. The molecule has 3 rings (SSSR count). The van der Waals surface area contributed by atoms with Gasteiger partial charge in [-0.15, -0.1) is 0 Å². The van der Waals surface area contributed by atoms with Gasteiger partial charge in [0.15, 0.2) is 0 Å². The molecule has 3 aliphatic rings. The zero-order valence-corrected chi connectivity index (χ0v) is 20.6. The molecule has 1 heteroatoms. The Bertz CT molecular complexity index is 577. The number of fused-ring (bicyclic) bond motifs is 3. The van der Waals surface area contributed by atoms with Crippen molar-refractivity contribution in [3.05, 3.63) is 11.6 Å². The third-order valence-corrected chi connectivity index (χ3v) is 10.3. The van der Waals surface area contributed by atoms with Crippen LogP contribution < -0.4 is 0 Å². The second kappa shape index (κ2) is 9.05. The molecule has 7 unspecified atom stereocenters. The number of aliphatic hydroxyl groups is 1. The van der Waals surface area contributed by atoms with Gasteiger partial charge < -0.3 is 5.11 Å². The largest absolute Gasteiger partial charge is 0.393 e. The molecule has 2 fully saturated rings. The van der Waals surface area contributed by atoms with Gasteiger partial charge in [0, 0.05) is 0 Å². The summed E-state index contributed by atoms with van der Waals surface area (Å²) in [7, 11) is 0. The fraction of sp³-hybridized carbons (Fsp3) is 0.929. The van der Waals surface area contributed by atoms with Gasteiger partial charge in [0.2, 0.25) is 0 Å². The Morgan fingerprint density at radius 2 is 1.79 bits per heavy atom. The molecule has 0 aromatic carbocycles. The Hall–Kier alpha value is -0.300. The fourth-order valence-corrected chi connectivity index (χ4v) is 8.07. The number of aliphatic hydroxyl groups excluding tert-OH is 1. The summed E-state index contributed by atoms with van der Waals surface area (Å²) in [5, 5.41) is 10.2. The fourth-order valence-electron chi connectivity index (χ4n) is 8.07. The lowest BCUT2D eigenvalue weighted by atomic mass is 9.45. The second-order valence-electron chi connectivity index (χ2n) is 12.2. The average Bonchev–Trinajstić information content (AvgIpc) is 2.67. The predicted octanol–water partition coefficient (Wildman–Crippen LogP) is 8.02. The summed E-state index contributed by atoms with van der Waals surface area (Å²) in [6.45, 7) is 17.5. The highest BCUT2D eigenvalue weighted by molar-refractivity contribution is 5.24. The zero-order valence-electron chi connectivity index (χ0n) is 20.6. The van der Waals surface area contributed by atoms with Crippen LogP contribution in [0.3, 0.4) is 0 Å². The highest BCUT2D eigenvalue weighted by atomic mass is 16.3. The number of hydrogen-bond acceptors (Lipinski definition) is 1. The molecule has 0 spiro atoms. The molecule has 3 aliphatic carbocycles. The first-order chi connectivity index (χ1) is 13.6. The molecule has 0 aliphatic heterocycles. The Morgan fingerprint density at radius 3 is 2.45 bits per heavy atom. The lowest BCUT2D eigenvalue weighted by Crippen LogP contribution is -2.52. The van der Waals surface area contributed by atoms with Gasteiger partial charge in [0.25, 0.3) is 0 Å². The predicted molar refractivity (Wildman–Crippen MR) is 126 cm³/mol. The summed E-state index contributed by atoms with van der Waals surface area (Å²) in [5.74, 6) is 5.03. The Kier molecular flexibility index (Phi) is 7.30. The van der Waals surface area contributed by atoms with Gasteiger partial charge in [-0.25, -0.2) is 0 Å². The molecule has 1 N–H and O–H groups in total. The molecule has 0 aromatic heterocycles. The molecule has 8 atom stereocenters. The Labute approximate surface area is 182 Å². The van der Waals surface area contributed by atoms with Crippen LogP contribution in [0, 0.1) is 46.3 Å². The lowest BCUT2D eigenvalue weighted by Gasteiger charge is -2.60. The van der Waals surface area contributed by atoms with Crippen molar-refractivity contribution in [1.82, 2.24) is 0 Å². The molecule has 0 amide bonds. The van der Waals surface area contributed by atoms with Crippen LogP contribution >= 0.6 is 0 Å². The van der Waals surface area contributed by atoms with Crippen molar-refractivity contribution in [2.24, 2.45) is 46.3 Å². The molecule has 2 saturated carbocycles. The zero-order chi connectivity index (χ0) is 21.4. The SMILES string of the molecule is CCC1C2CC=C3CC(O)CCC3(C)C2CCC1(C)C(C)[C@H](C)CCCC(C)C. The van der Waals surface area contributed by atoms with Crippen molar-refractivity contribution >= 4 is 0 Å². The second-order valence-corrected chi connectivity index (χ2v) is 12.2. The van der Waals surface area contributed by atoms with Crippen molar-refractivity contribution in [3.8, 4) is 0 Å². The van der Waals surface area contributed by atoms with Crippen molar-refractivity contribution in [3.63, 3.8) is 0 Å². The first-order valence-corrected chi connectivity index (χ1v) is 13.0. The number of allylic oxidation sites excluding steroid dienone is 1. The number of hydrogen-bond donors (Lipinski definition) is 1. The van der Waals surface area contributed by atoms with Crippen LogP contribution in [0.2, 0.25) is 0 Å². The van der Waals surface area contributed by atoms with Crippen LogP contribution in [0.5, 0.6) is 0 Å². The molecular weight excluding hydrogens is 352 g/mol. The van der Waals surface area contributed by atoms with Crippen LogP contribution in [0.4, 0.5) is 0 Å². The summed E-state index contributed by atoms with van der Waals surface area (Å²) in [4.78, 5) is 0. The van der Waals surface area contributed by atoms with Gasteiger partial charge in [-0.2, -0.15) is 0 Å². The van der Waals surface area contributed by atoms with E-state index in [1.54, 1.807) is 5.57 Å². The van der Waals surface area contributed by atoms with E-state index in [-0.39, 0.29) is 6.10 Å². The first-order valence-electron chi connectivity index (χ1n) is 13.0. The van der Waals surface area contributed by atoms with Gasteiger partial charge in [-0.05, 0) is 84.9 Å². The smallest absolute Gasteiger partial charge is 0.0577 e. The monoisotopic (exact) mass is 402 g/mol. The standard InChI is InChI=1S/C28H50O/c1-8-25-24-13-12-22-18-23(29)14-16-28(22,7)26(24)15-17-27(25,6)21(5)20(4)11-9-10-19(2)3/h12,19-21,23-26,29H,8-11,13-18H2,1-7H3/t20-,21?,23?,24?,25?,26?,27?,28?/m1/s1. The van der Waals surface area contributed by atoms with Gasteiger partial charge in [0.1, 0.15) is 0 Å². The maximum Gasteiger partial charge on any atom is 0.0577 e. The summed E-state index contributed by atoms with van der Waals surface area (Å²) in [5.41, 5.74) is 2.46. The molecule has 168 valence electrons. The van der Waals surface area contributed by atoms with Crippen LogP contribution in [0.15, 0.2) is 11.6 Å². The minimum absolute atomic E-state index is 0.0894. The minimum Gasteiger partial charge on any atom is -0.393 e. The van der Waals surface area contributed by atoms with E-state index in [0.29, 0.717) is 10.8 Å². The van der Waals surface area contributed by atoms with Crippen LogP contribution in [0.1, 0.15) is 113 Å². The molecule has 0 bridgehead atoms. The van der Waals surface area contributed by atoms with E-state index in [9.17, 15) is 5.11 Å². The molecular formula is C28H50O. The van der Waals surface area contributed by atoms with Crippen molar-refractivity contribution in [2.45, 2.75) is 119 Å². The van der Waals surface area contributed by atoms with E-state index < -0.39 is 0 Å². The Balaban J connectivity index is 1.77. The summed E-state index contributed by atoms with van der Waals surface area (Å²) in [6.07, 6.45) is 15.2. The van der Waals surface area contributed by atoms with Gasteiger partial charge in [-0.1, -0.05) is 85.8 Å². The van der Waals surface area contributed by atoms with E-state index >= 15 is 0 Å². The van der Waals surface area contributed by atoms with Gasteiger partial charge in [0.05, 0.1) is 6.10 Å². The van der Waals surface area contributed by atoms with Crippen molar-refractivity contribution < 1.29 is 5.11 Å². The topological polar surface area (TPSA) is 20.2 Å². The normalized spacial score (nSPS) is 42.0. The van der Waals surface area contributed by atoms with E-state index in [1.807, 2.05) is 0 Å². The third kappa shape index (κ3) is 4.37. The molecule has 29 heavy (non-hydrogen) atoms. The molecule has 1 nitrogen and oxygen atoms in total. The lowest BCUT2D eigenvalue weighted by molar-refractivity contribution is -0.0841. The third-order valence-electron chi connectivity index (χ3n) is 10.3. The molecule has 0 saturated heterocycles. The maximum atomic E-state index is 10.2. The summed E-state index contributed by atoms with van der Waals surface area (Å²) >= 11 is 0. The van der Waals surface area contributed by atoms with E-state index in [0.717, 1.165) is 48.3 Å². The average molecular weight is 403 g/mol. The quantitative estimate of drug-likeness (QED) is 0.427. The summed E-state index contributed by atoms with van der Waals surface area (Å²) < 4.78 is 0. The minimum atomic E-state index is -0.0894. The number of rotatable bonds is 7. The van der Waals surface area contributed by atoms with Crippen molar-refractivity contribution in [2.75, 3.05) is 0 Å². The maximum absolute atomic E-state index is 10.2. The highest BCUT2D eigenvalue weighted by Gasteiger charge is 2.55. The van der Waals surface area contributed by atoms with E-state index in [2.05, 4.69) is 54.5 Å². The van der Waals surface area contributed by atoms with E-state index in [1.165, 1.54) is 51.4 Å². The van der Waals surface area contributed by atoms with E-state index in [4.69, 9.17) is 0 Å². The highest BCUT2D eigenvalue weighted by Crippen LogP contribution is 2.63. The van der Waals surface area contributed by atoms with Crippen LogP contribution in [0.25, 0.3) is 0 Å². The van der Waals surface area contributed by atoms with Gasteiger partial charge >= 0.3 is 0 Å². The molecule has 0 aromatic rings. The van der Waals surface area contributed by atoms with Gasteiger partial charge in [-0.3, -0.25) is 0 Å². The first kappa shape index (κ1) is 23.4. The van der Waals surface area contributed by atoms with Crippen LogP contribution in [-0.2, 0) is 0 Å². The Morgan fingerprint density at radius 1 is 1.07 bits per heavy atom. The van der Waals surface area contributed by atoms with Crippen molar-refractivity contribution in [1.29, 1.82) is 0 Å². The summed E-state index contributed by atoms with van der Waals surface area (Å²) in [6, 6.07) is 0. The van der Waals surface area contributed by atoms with Crippen LogP contribution in [-0.4, -0.2) is 11.2 Å².